The lowest BCUT2D eigenvalue weighted by Crippen LogP contribution is -2.36. The Labute approximate surface area is 176 Å². The fourth-order valence-corrected chi connectivity index (χ4v) is 6.43. The van der Waals surface area contributed by atoms with Crippen molar-refractivity contribution in [1.29, 1.82) is 0 Å². The van der Waals surface area contributed by atoms with E-state index in [2.05, 4.69) is 5.32 Å². The molecule has 0 bridgehead atoms. The van der Waals surface area contributed by atoms with Crippen molar-refractivity contribution in [2.45, 2.75) is 23.3 Å². The maximum Gasteiger partial charge on any atom is 0.256 e. The standard InChI is InChI=1S/C21H20N2O5S2/c1-17(24)22-19-14-12-18(13-15-19)16-23(29(25,26)20-8-4-2-5-9-20)30(27,28)21-10-6-3-7-11-21/h2-15H,16H2,1H3,(H,22,24). The summed E-state index contributed by atoms with van der Waals surface area (Å²) >= 11 is 0. The summed E-state index contributed by atoms with van der Waals surface area (Å²) in [6, 6.07) is 21.1. The molecule has 0 aliphatic heterocycles. The summed E-state index contributed by atoms with van der Waals surface area (Å²) in [5.41, 5.74) is 0.970. The van der Waals surface area contributed by atoms with Crippen molar-refractivity contribution < 1.29 is 21.6 Å². The molecule has 0 radical (unpaired) electrons. The quantitative estimate of drug-likeness (QED) is 0.603. The highest BCUT2D eigenvalue weighted by Gasteiger charge is 2.36. The Morgan fingerprint density at radius 2 is 1.17 bits per heavy atom. The molecule has 9 heteroatoms. The average molecular weight is 445 g/mol. The van der Waals surface area contributed by atoms with Gasteiger partial charge in [-0.2, -0.15) is 0 Å². The van der Waals surface area contributed by atoms with Gasteiger partial charge in [0.05, 0.1) is 16.3 Å². The zero-order valence-corrected chi connectivity index (χ0v) is 17.7. The van der Waals surface area contributed by atoms with Crippen LogP contribution in [0.5, 0.6) is 0 Å². The molecule has 7 nitrogen and oxygen atoms in total. The van der Waals surface area contributed by atoms with Crippen LogP contribution in [0.4, 0.5) is 5.69 Å². The molecule has 0 aliphatic carbocycles. The van der Waals surface area contributed by atoms with Crippen LogP contribution in [0.3, 0.4) is 0 Å². The first-order chi connectivity index (χ1) is 14.2. The van der Waals surface area contributed by atoms with Crippen molar-refractivity contribution >= 4 is 31.6 Å². The van der Waals surface area contributed by atoms with Gasteiger partial charge in [0.15, 0.2) is 0 Å². The van der Waals surface area contributed by atoms with Crippen LogP contribution in [0.1, 0.15) is 12.5 Å². The van der Waals surface area contributed by atoms with Gasteiger partial charge in [-0.1, -0.05) is 52.2 Å². The van der Waals surface area contributed by atoms with Crippen LogP contribution >= 0.6 is 0 Å². The van der Waals surface area contributed by atoms with Crippen LogP contribution in [-0.2, 0) is 31.4 Å². The Morgan fingerprint density at radius 3 is 1.57 bits per heavy atom. The van der Waals surface area contributed by atoms with Gasteiger partial charge in [0, 0.05) is 12.6 Å². The molecule has 3 aromatic carbocycles. The molecular formula is C21H20N2O5S2. The number of amides is 1. The molecular weight excluding hydrogens is 424 g/mol. The third kappa shape index (κ3) is 4.76. The highest BCUT2D eigenvalue weighted by Crippen LogP contribution is 2.26. The number of sulfonamides is 2. The predicted octanol–water partition coefficient (Wildman–Crippen LogP) is 3.22. The predicted molar refractivity (Wildman–Crippen MR) is 114 cm³/mol. The number of rotatable bonds is 7. The van der Waals surface area contributed by atoms with E-state index in [1.165, 1.54) is 55.5 Å². The highest BCUT2D eigenvalue weighted by atomic mass is 32.3. The molecule has 0 spiro atoms. The van der Waals surface area contributed by atoms with Crippen LogP contribution in [0, 0.1) is 0 Å². The zero-order valence-electron chi connectivity index (χ0n) is 16.1. The smallest absolute Gasteiger partial charge is 0.256 e. The first-order valence-electron chi connectivity index (χ1n) is 8.96. The Bertz CT molecular complexity index is 1160. The van der Waals surface area contributed by atoms with Crippen molar-refractivity contribution in [2.75, 3.05) is 5.32 Å². The van der Waals surface area contributed by atoms with E-state index in [9.17, 15) is 21.6 Å². The van der Waals surface area contributed by atoms with E-state index in [1.807, 2.05) is 0 Å². The van der Waals surface area contributed by atoms with Gasteiger partial charge in [-0.25, -0.2) is 16.8 Å². The molecule has 156 valence electrons. The topological polar surface area (TPSA) is 101 Å². The molecule has 0 atom stereocenters. The van der Waals surface area contributed by atoms with Crippen LogP contribution in [0.15, 0.2) is 94.7 Å². The number of nitrogens with one attached hydrogen (secondary N) is 1. The maximum atomic E-state index is 13.3. The van der Waals surface area contributed by atoms with Gasteiger partial charge in [-0.15, -0.1) is 0 Å². The molecule has 0 fully saturated rings. The molecule has 3 rings (SSSR count). The second-order valence-electron chi connectivity index (χ2n) is 6.45. The van der Waals surface area contributed by atoms with E-state index in [1.54, 1.807) is 36.4 Å². The molecule has 3 aromatic rings. The minimum Gasteiger partial charge on any atom is -0.326 e. The molecule has 0 saturated heterocycles. The van der Waals surface area contributed by atoms with Crippen molar-refractivity contribution in [2.24, 2.45) is 0 Å². The Balaban J connectivity index is 2.05. The summed E-state index contributed by atoms with van der Waals surface area (Å²) in [5, 5.41) is 2.61. The number of hydrogen-bond donors (Lipinski definition) is 1. The second-order valence-corrected chi connectivity index (χ2v) is 10.4. The summed E-state index contributed by atoms with van der Waals surface area (Å²) in [6.07, 6.45) is 0. The number of nitrogens with zero attached hydrogens (tertiary/aromatic N) is 1. The monoisotopic (exact) mass is 444 g/mol. The highest BCUT2D eigenvalue weighted by molar-refractivity contribution is 8.04. The van der Waals surface area contributed by atoms with Crippen molar-refractivity contribution in [3.8, 4) is 0 Å². The summed E-state index contributed by atoms with van der Waals surface area (Å²) < 4.78 is 53.5. The fraction of sp³-hybridized carbons (Fsp3) is 0.0952. The van der Waals surface area contributed by atoms with Gasteiger partial charge in [-0.3, -0.25) is 4.79 Å². The van der Waals surface area contributed by atoms with E-state index in [0.29, 0.717) is 15.0 Å². The van der Waals surface area contributed by atoms with E-state index < -0.39 is 26.6 Å². The van der Waals surface area contributed by atoms with Gasteiger partial charge in [0.25, 0.3) is 20.0 Å². The van der Waals surface area contributed by atoms with Gasteiger partial charge < -0.3 is 5.32 Å². The minimum atomic E-state index is -4.36. The summed E-state index contributed by atoms with van der Waals surface area (Å²) in [7, 11) is -8.72. The molecule has 1 amide bonds. The van der Waals surface area contributed by atoms with E-state index >= 15 is 0 Å². The van der Waals surface area contributed by atoms with Crippen LogP contribution in [0.25, 0.3) is 0 Å². The molecule has 0 aliphatic rings. The van der Waals surface area contributed by atoms with Crippen LogP contribution in [0.2, 0.25) is 0 Å². The van der Waals surface area contributed by atoms with E-state index in [0.717, 1.165) is 0 Å². The fourth-order valence-electron chi connectivity index (χ4n) is 2.77. The van der Waals surface area contributed by atoms with Gasteiger partial charge in [-0.05, 0) is 42.0 Å². The SMILES string of the molecule is CC(=O)Nc1ccc(CN(S(=O)(=O)c2ccccc2)S(=O)(=O)c2ccccc2)cc1. The lowest BCUT2D eigenvalue weighted by molar-refractivity contribution is -0.114. The Hall–Kier alpha value is -3.01. The lowest BCUT2D eigenvalue weighted by Gasteiger charge is -2.22. The lowest BCUT2D eigenvalue weighted by atomic mass is 10.2. The van der Waals surface area contributed by atoms with Crippen molar-refractivity contribution in [1.82, 2.24) is 3.71 Å². The van der Waals surface area contributed by atoms with Crippen LogP contribution in [-0.4, -0.2) is 26.5 Å². The Kier molecular flexibility index (Phi) is 6.35. The normalized spacial score (nSPS) is 11.9. The molecule has 30 heavy (non-hydrogen) atoms. The van der Waals surface area contributed by atoms with Crippen molar-refractivity contribution in [3.05, 3.63) is 90.5 Å². The number of anilines is 1. The molecule has 0 aromatic heterocycles. The van der Waals surface area contributed by atoms with E-state index in [4.69, 9.17) is 0 Å². The first kappa shape index (κ1) is 21.7. The third-order valence-electron chi connectivity index (χ3n) is 4.20. The second kappa shape index (κ2) is 8.78. The molecule has 0 unspecified atom stereocenters. The van der Waals surface area contributed by atoms with Gasteiger partial charge >= 0.3 is 0 Å². The maximum absolute atomic E-state index is 13.3. The van der Waals surface area contributed by atoms with Crippen LogP contribution < -0.4 is 5.32 Å². The zero-order chi connectivity index (χ0) is 21.8. The first-order valence-corrected chi connectivity index (χ1v) is 11.8. The van der Waals surface area contributed by atoms with Gasteiger partial charge in [0.2, 0.25) is 5.91 Å². The summed E-state index contributed by atoms with van der Waals surface area (Å²) in [6.45, 7) is 0.976. The molecule has 1 N–H and O–H groups in total. The van der Waals surface area contributed by atoms with E-state index in [-0.39, 0.29) is 15.7 Å². The summed E-state index contributed by atoms with van der Waals surface area (Å²) in [4.78, 5) is 10.9. The average Bonchev–Trinajstić information content (AvgIpc) is 2.74. The molecule has 0 saturated carbocycles. The number of benzene rings is 3. The summed E-state index contributed by atoms with van der Waals surface area (Å²) in [5.74, 6) is -0.248. The van der Waals surface area contributed by atoms with Gasteiger partial charge in [0.1, 0.15) is 0 Å². The third-order valence-corrected chi connectivity index (χ3v) is 8.45. The molecule has 0 heterocycles. The number of hydrogen-bond acceptors (Lipinski definition) is 5. The number of carbonyl (C=O) groups excluding carboxylic acids is 1. The number of carbonyl (C=O) groups is 1. The minimum absolute atomic E-state index is 0.126. The van der Waals surface area contributed by atoms with Crippen molar-refractivity contribution in [3.63, 3.8) is 0 Å². The Morgan fingerprint density at radius 1 is 0.733 bits per heavy atom. The largest absolute Gasteiger partial charge is 0.326 e.